The lowest BCUT2D eigenvalue weighted by Gasteiger charge is -2.44. The van der Waals surface area contributed by atoms with Crippen LogP contribution in [0.5, 0.6) is 5.75 Å². The molecule has 4 aromatic rings. The minimum Gasteiger partial charge on any atom is -0.497 e. The summed E-state index contributed by atoms with van der Waals surface area (Å²) < 4.78 is 9.48. The van der Waals surface area contributed by atoms with E-state index in [2.05, 4.69) is 5.32 Å². The van der Waals surface area contributed by atoms with Gasteiger partial charge >= 0.3 is 0 Å². The van der Waals surface area contributed by atoms with Gasteiger partial charge in [-0.05, 0) is 55.7 Å². The normalized spacial score (nSPS) is 19.8. The fourth-order valence-corrected chi connectivity index (χ4v) is 5.96. The van der Waals surface area contributed by atoms with Crippen molar-refractivity contribution in [3.63, 3.8) is 0 Å². The SMILES string of the molecule is COc1cccc(CN2C(=O)c3c(-n4cccc4)c4ccccc4n3C[C@@]2(C)C(=O)NC2CCCC2)c1. The number of nitrogens with one attached hydrogen (secondary N) is 1. The van der Waals surface area contributed by atoms with Crippen molar-refractivity contribution in [1.82, 2.24) is 19.4 Å². The number of carbonyl (C=O) groups excluding carboxylic acids is 2. The predicted octanol–water partition coefficient (Wildman–Crippen LogP) is 4.91. The molecule has 2 aliphatic rings. The Balaban J connectivity index is 1.51. The lowest BCUT2D eigenvalue weighted by atomic mass is 9.93. The van der Waals surface area contributed by atoms with Gasteiger partial charge in [-0.25, -0.2) is 0 Å². The van der Waals surface area contributed by atoms with Crippen LogP contribution in [-0.2, 0) is 17.9 Å². The third-order valence-corrected chi connectivity index (χ3v) is 7.97. The molecule has 0 saturated heterocycles. The van der Waals surface area contributed by atoms with Crippen LogP contribution in [0.4, 0.5) is 0 Å². The first-order valence-corrected chi connectivity index (χ1v) is 13.0. The van der Waals surface area contributed by atoms with Crippen molar-refractivity contribution in [3.05, 3.63) is 84.3 Å². The van der Waals surface area contributed by atoms with E-state index in [-0.39, 0.29) is 17.9 Å². The standard InChI is InChI=1S/C30H32N4O3/c1-30(29(36)31-22-11-3-4-12-22)20-33-25-15-6-5-14-24(25)26(32-16-7-8-17-32)27(33)28(35)34(30)19-21-10-9-13-23(18-21)37-2/h5-10,13-18,22H,3-4,11-12,19-20H2,1-2H3,(H,31,36)/t30-/m0/s1. The summed E-state index contributed by atoms with van der Waals surface area (Å²) in [6.45, 7) is 2.58. The highest BCUT2D eigenvalue weighted by Crippen LogP contribution is 2.38. The number of para-hydroxylation sites is 1. The van der Waals surface area contributed by atoms with Gasteiger partial charge < -0.3 is 24.1 Å². The molecule has 37 heavy (non-hydrogen) atoms. The number of carbonyl (C=O) groups is 2. The number of methoxy groups -OCH3 is 1. The first-order valence-electron chi connectivity index (χ1n) is 13.0. The molecule has 1 aliphatic heterocycles. The third-order valence-electron chi connectivity index (χ3n) is 7.97. The van der Waals surface area contributed by atoms with Crippen molar-refractivity contribution in [2.75, 3.05) is 7.11 Å². The minimum atomic E-state index is -1.06. The molecule has 3 heterocycles. The maximum Gasteiger partial charge on any atom is 0.273 e. The van der Waals surface area contributed by atoms with Crippen LogP contribution in [0.25, 0.3) is 16.6 Å². The summed E-state index contributed by atoms with van der Waals surface area (Å²) in [6.07, 6.45) is 8.15. The Bertz CT molecular complexity index is 1470. The highest BCUT2D eigenvalue weighted by Gasteiger charge is 2.49. The van der Waals surface area contributed by atoms with Gasteiger partial charge in [0.1, 0.15) is 17.0 Å². The molecule has 1 aliphatic carbocycles. The number of benzene rings is 2. The molecule has 0 bridgehead atoms. The second-order valence-corrected chi connectivity index (χ2v) is 10.4. The van der Waals surface area contributed by atoms with Crippen LogP contribution >= 0.6 is 0 Å². The number of hydrogen-bond donors (Lipinski definition) is 1. The van der Waals surface area contributed by atoms with Crippen molar-refractivity contribution in [2.24, 2.45) is 0 Å². The second kappa shape index (κ2) is 9.14. The van der Waals surface area contributed by atoms with Crippen LogP contribution in [0.2, 0.25) is 0 Å². The molecule has 0 unspecified atom stereocenters. The maximum absolute atomic E-state index is 14.5. The molecule has 2 amide bonds. The van der Waals surface area contributed by atoms with E-state index in [4.69, 9.17) is 4.74 Å². The Morgan fingerprint density at radius 1 is 1.05 bits per heavy atom. The van der Waals surface area contributed by atoms with Crippen molar-refractivity contribution in [2.45, 2.75) is 57.3 Å². The number of fused-ring (bicyclic) bond motifs is 3. The van der Waals surface area contributed by atoms with Crippen LogP contribution < -0.4 is 10.1 Å². The van der Waals surface area contributed by atoms with Crippen LogP contribution in [0.1, 0.15) is 48.7 Å². The molecule has 2 aromatic carbocycles. The second-order valence-electron chi connectivity index (χ2n) is 10.4. The molecule has 2 aromatic heterocycles. The molecule has 1 atom stereocenters. The molecule has 7 heteroatoms. The largest absolute Gasteiger partial charge is 0.497 e. The van der Waals surface area contributed by atoms with Crippen molar-refractivity contribution in [1.29, 1.82) is 0 Å². The van der Waals surface area contributed by atoms with Gasteiger partial charge in [-0.15, -0.1) is 0 Å². The summed E-state index contributed by atoms with van der Waals surface area (Å²) in [5, 5.41) is 4.27. The summed E-state index contributed by atoms with van der Waals surface area (Å²) in [5.41, 5.74) is 2.26. The van der Waals surface area contributed by atoms with Crippen LogP contribution in [-0.4, -0.2) is 44.5 Å². The number of nitrogens with zero attached hydrogens (tertiary/aromatic N) is 3. The van der Waals surface area contributed by atoms with Gasteiger partial charge in [0.25, 0.3) is 5.91 Å². The summed E-state index contributed by atoms with van der Waals surface area (Å²) in [4.78, 5) is 30.2. The zero-order valence-corrected chi connectivity index (χ0v) is 21.3. The molecule has 1 saturated carbocycles. The molecule has 6 rings (SSSR count). The van der Waals surface area contributed by atoms with Gasteiger partial charge in [0.2, 0.25) is 5.91 Å². The summed E-state index contributed by atoms with van der Waals surface area (Å²) >= 11 is 0. The molecule has 1 N–H and O–H groups in total. The first-order chi connectivity index (χ1) is 18.0. The Hall–Kier alpha value is -4.00. The van der Waals surface area contributed by atoms with Gasteiger partial charge in [-0.1, -0.05) is 43.2 Å². The maximum atomic E-state index is 14.5. The minimum absolute atomic E-state index is 0.0957. The molecule has 7 nitrogen and oxygen atoms in total. The number of rotatable bonds is 6. The summed E-state index contributed by atoms with van der Waals surface area (Å²) in [7, 11) is 1.63. The molecule has 190 valence electrons. The van der Waals surface area contributed by atoms with E-state index in [0.717, 1.165) is 53.6 Å². The van der Waals surface area contributed by atoms with Gasteiger partial charge in [-0.2, -0.15) is 0 Å². The van der Waals surface area contributed by atoms with Gasteiger partial charge in [0.05, 0.1) is 24.9 Å². The Kier molecular flexibility index (Phi) is 5.78. The molecule has 1 fully saturated rings. The van der Waals surface area contributed by atoms with Crippen LogP contribution in [0.15, 0.2) is 73.1 Å². The van der Waals surface area contributed by atoms with Crippen molar-refractivity contribution >= 4 is 22.7 Å². The smallest absolute Gasteiger partial charge is 0.273 e. The lowest BCUT2D eigenvalue weighted by Crippen LogP contribution is -2.64. The predicted molar refractivity (Wildman–Crippen MR) is 143 cm³/mol. The number of hydrogen-bond acceptors (Lipinski definition) is 3. The fourth-order valence-electron chi connectivity index (χ4n) is 5.96. The zero-order valence-electron chi connectivity index (χ0n) is 21.3. The van der Waals surface area contributed by atoms with E-state index < -0.39 is 5.54 Å². The van der Waals surface area contributed by atoms with E-state index in [1.807, 2.05) is 89.1 Å². The highest BCUT2D eigenvalue weighted by atomic mass is 16.5. The van der Waals surface area contributed by atoms with Crippen molar-refractivity contribution < 1.29 is 14.3 Å². The molecular formula is C30H32N4O3. The average molecular weight is 497 g/mol. The van der Waals surface area contributed by atoms with E-state index in [1.165, 1.54) is 0 Å². The fraction of sp³-hybridized carbons (Fsp3) is 0.333. The van der Waals surface area contributed by atoms with E-state index in [1.54, 1.807) is 12.0 Å². The van der Waals surface area contributed by atoms with Gasteiger partial charge in [0.15, 0.2) is 0 Å². The lowest BCUT2D eigenvalue weighted by molar-refractivity contribution is -0.133. The first kappa shape index (κ1) is 23.4. The van der Waals surface area contributed by atoms with Gasteiger partial charge in [0, 0.05) is 30.4 Å². The molecule has 0 radical (unpaired) electrons. The van der Waals surface area contributed by atoms with E-state index >= 15 is 0 Å². The molecule has 0 spiro atoms. The van der Waals surface area contributed by atoms with Gasteiger partial charge in [-0.3, -0.25) is 9.59 Å². The zero-order chi connectivity index (χ0) is 25.6. The van der Waals surface area contributed by atoms with Crippen molar-refractivity contribution in [3.8, 4) is 11.4 Å². The third kappa shape index (κ3) is 3.89. The quantitative estimate of drug-likeness (QED) is 0.412. The number of amides is 2. The van der Waals surface area contributed by atoms with E-state index in [0.29, 0.717) is 18.8 Å². The molecular weight excluding hydrogens is 464 g/mol. The Morgan fingerprint density at radius 2 is 1.81 bits per heavy atom. The van der Waals surface area contributed by atoms with Crippen LogP contribution in [0.3, 0.4) is 0 Å². The summed E-state index contributed by atoms with van der Waals surface area (Å²) in [6, 6.07) is 19.8. The van der Waals surface area contributed by atoms with Crippen LogP contribution in [0, 0.1) is 0 Å². The monoisotopic (exact) mass is 496 g/mol. The number of aromatic nitrogens is 2. The Morgan fingerprint density at radius 3 is 2.57 bits per heavy atom. The summed E-state index contributed by atoms with van der Waals surface area (Å²) in [5.74, 6) is 0.473. The topological polar surface area (TPSA) is 68.5 Å². The van der Waals surface area contributed by atoms with E-state index in [9.17, 15) is 9.59 Å². The average Bonchev–Trinajstić information content (AvgIpc) is 3.68. The Labute approximate surface area is 216 Å². The number of ether oxygens (including phenoxy) is 1. The highest BCUT2D eigenvalue weighted by molar-refractivity contribution is 6.08.